The van der Waals surface area contributed by atoms with E-state index in [2.05, 4.69) is 17.3 Å². The van der Waals surface area contributed by atoms with Gasteiger partial charge in [0, 0.05) is 24.7 Å². The molecule has 1 aromatic heterocycles. The summed E-state index contributed by atoms with van der Waals surface area (Å²) in [5.74, 6) is 0.442. The molecule has 1 fully saturated rings. The van der Waals surface area contributed by atoms with Gasteiger partial charge in [0.25, 0.3) is 0 Å². The van der Waals surface area contributed by atoms with Crippen LogP contribution in [-0.4, -0.2) is 15.7 Å². The second-order valence-corrected chi connectivity index (χ2v) is 5.01. The van der Waals surface area contributed by atoms with Gasteiger partial charge in [-0.3, -0.25) is 9.48 Å². The summed E-state index contributed by atoms with van der Waals surface area (Å²) in [6.07, 6.45) is 15.3. The van der Waals surface area contributed by atoms with E-state index < -0.39 is 0 Å². The van der Waals surface area contributed by atoms with Gasteiger partial charge in [0.2, 0.25) is 5.91 Å². The van der Waals surface area contributed by atoms with Crippen molar-refractivity contribution in [1.82, 2.24) is 9.78 Å². The number of primary amides is 1. The fourth-order valence-electron chi connectivity index (χ4n) is 2.39. The van der Waals surface area contributed by atoms with Crippen molar-refractivity contribution in [1.29, 1.82) is 0 Å². The quantitative estimate of drug-likeness (QED) is 0.868. The van der Waals surface area contributed by atoms with Gasteiger partial charge >= 0.3 is 0 Å². The molecule has 0 atom stereocenters. The van der Waals surface area contributed by atoms with E-state index in [1.807, 2.05) is 12.4 Å². The Morgan fingerprint density at radius 2 is 2.22 bits per heavy atom. The minimum absolute atomic E-state index is 0.287. The van der Waals surface area contributed by atoms with Gasteiger partial charge in [-0.25, -0.2) is 0 Å². The van der Waals surface area contributed by atoms with Crippen LogP contribution in [0, 0.1) is 5.92 Å². The second-order valence-electron chi connectivity index (χ2n) is 5.01. The van der Waals surface area contributed by atoms with Crippen molar-refractivity contribution in [2.75, 3.05) is 0 Å². The van der Waals surface area contributed by atoms with Gasteiger partial charge in [-0.2, -0.15) is 5.10 Å². The first-order valence-corrected chi connectivity index (χ1v) is 6.73. The van der Waals surface area contributed by atoms with E-state index in [0.717, 1.165) is 11.5 Å². The highest BCUT2D eigenvalue weighted by atomic mass is 16.1. The third kappa shape index (κ3) is 4.02. The van der Waals surface area contributed by atoms with Crippen molar-refractivity contribution in [3.63, 3.8) is 0 Å². The van der Waals surface area contributed by atoms with Crippen LogP contribution >= 0.6 is 0 Å². The van der Waals surface area contributed by atoms with Crippen LogP contribution in [0.2, 0.25) is 0 Å². The molecule has 0 radical (unpaired) electrons. The fourth-order valence-corrected chi connectivity index (χ4v) is 2.39. The lowest BCUT2D eigenvalue weighted by Crippen LogP contribution is -2.13. The molecule has 0 bridgehead atoms. The first-order chi connectivity index (χ1) is 8.74. The zero-order valence-corrected chi connectivity index (χ0v) is 10.7. The van der Waals surface area contributed by atoms with Gasteiger partial charge in [0.1, 0.15) is 0 Å². The molecule has 0 spiro atoms. The molecule has 98 valence electrons. The minimum atomic E-state index is -0.287. The Balaban J connectivity index is 1.85. The van der Waals surface area contributed by atoms with Gasteiger partial charge in [0.15, 0.2) is 0 Å². The van der Waals surface area contributed by atoms with E-state index in [4.69, 9.17) is 5.73 Å². The number of hydrogen-bond donors (Lipinski definition) is 1. The van der Waals surface area contributed by atoms with Gasteiger partial charge in [0.05, 0.1) is 6.20 Å². The standard InChI is InChI=1S/C14H21N3O/c15-14(18)8-9-17-11-13(10-16-17)7-6-12-4-2-1-3-5-12/h6-7,10-12H,1-5,8-9H2,(H2,15,18). The molecule has 1 aliphatic carbocycles. The minimum Gasteiger partial charge on any atom is -0.370 e. The second kappa shape index (κ2) is 6.38. The Kier molecular flexibility index (Phi) is 4.56. The number of hydrogen-bond acceptors (Lipinski definition) is 2. The van der Waals surface area contributed by atoms with Crippen molar-refractivity contribution in [3.8, 4) is 0 Å². The summed E-state index contributed by atoms with van der Waals surface area (Å²) in [6, 6.07) is 0. The summed E-state index contributed by atoms with van der Waals surface area (Å²) in [5.41, 5.74) is 6.21. The van der Waals surface area contributed by atoms with Crippen molar-refractivity contribution in [2.45, 2.75) is 45.1 Å². The molecule has 1 amide bonds. The highest BCUT2D eigenvalue weighted by Crippen LogP contribution is 2.25. The first kappa shape index (κ1) is 12.9. The monoisotopic (exact) mass is 247 g/mol. The maximum Gasteiger partial charge on any atom is 0.219 e. The van der Waals surface area contributed by atoms with E-state index in [-0.39, 0.29) is 5.91 Å². The Labute approximate surface area is 108 Å². The average molecular weight is 247 g/mol. The van der Waals surface area contributed by atoms with Crippen LogP contribution in [0.4, 0.5) is 0 Å². The molecule has 4 nitrogen and oxygen atoms in total. The number of allylic oxidation sites excluding steroid dienone is 1. The summed E-state index contributed by atoms with van der Waals surface area (Å²) < 4.78 is 1.77. The molecule has 4 heteroatoms. The molecule has 1 saturated carbocycles. The van der Waals surface area contributed by atoms with Crippen LogP contribution in [0.25, 0.3) is 6.08 Å². The Hall–Kier alpha value is -1.58. The van der Waals surface area contributed by atoms with E-state index in [1.54, 1.807) is 4.68 Å². The third-order valence-corrected chi connectivity index (χ3v) is 3.45. The number of carbonyl (C=O) groups excluding carboxylic acids is 1. The summed E-state index contributed by atoms with van der Waals surface area (Å²) in [6.45, 7) is 0.562. The molecule has 0 aliphatic heterocycles. The van der Waals surface area contributed by atoms with Crippen molar-refractivity contribution < 1.29 is 4.79 Å². The number of aryl methyl sites for hydroxylation is 1. The highest BCUT2D eigenvalue weighted by molar-refractivity contribution is 5.73. The van der Waals surface area contributed by atoms with Crippen molar-refractivity contribution in [3.05, 3.63) is 24.0 Å². The molecule has 0 aromatic carbocycles. The van der Waals surface area contributed by atoms with Crippen LogP contribution in [0.15, 0.2) is 18.5 Å². The van der Waals surface area contributed by atoms with E-state index >= 15 is 0 Å². The summed E-state index contributed by atoms with van der Waals surface area (Å²) in [7, 11) is 0. The summed E-state index contributed by atoms with van der Waals surface area (Å²) >= 11 is 0. The number of nitrogens with two attached hydrogens (primary N) is 1. The first-order valence-electron chi connectivity index (χ1n) is 6.73. The van der Waals surface area contributed by atoms with E-state index in [0.29, 0.717) is 13.0 Å². The topological polar surface area (TPSA) is 60.9 Å². The molecule has 0 unspecified atom stereocenters. The molecule has 1 aliphatic rings. The van der Waals surface area contributed by atoms with Gasteiger partial charge < -0.3 is 5.73 Å². The zero-order valence-electron chi connectivity index (χ0n) is 10.7. The SMILES string of the molecule is NC(=O)CCn1cc(C=CC2CCCCC2)cn1. The van der Waals surface area contributed by atoms with Crippen LogP contribution in [0.5, 0.6) is 0 Å². The molecule has 18 heavy (non-hydrogen) atoms. The molecular weight excluding hydrogens is 226 g/mol. The van der Waals surface area contributed by atoms with Crippen LogP contribution in [-0.2, 0) is 11.3 Å². The zero-order chi connectivity index (χ0) is 12.8. The molecule has 1 heterocycles. The number of rotatable bonds is 5. The van der Waals surface area contributed by atoms with E-state index in [1.165, 1.54) is 32.1 Å². The van der Waals surface area contributed by atoms with Gasteiger partial charge in [-0.1, -0.05) is 31.4 Å². The molecular formula is C14H21N3O. The maximum atomic E-state index is 10.7. The molecule has 1 aromatic rings. The van der Waals surface area contributed by atoms with Crippen LogP contribution < -0.4 is 5.73 Å². The normalized spacial score (nSPS) is 17.3. The van der Waals surface area contributed by atoms with Crippen molar-refractivity contribution >= 4 is 12.0 Å². The number of amides is 1. The number of carbonyl (C=O) groups is 1. The van der Waals surface area contributed by atoms with Gasteiger partial charge in [-0.05, 0) is 18.8 Å². The molecule has 2 N–H and O–H groups in total. The average Bonchev–Trinajstić information content (AvgIpc) is 2.83. The van der Waals surface area contributed by atoms with Crippen molar-refractivity contribution in [2.24, 2.45) is 11.7 Å². The maximum absolute atomic E-state index is 10.7. The van der Waals surface area contributed by atoms with Crippen LogP contribution in [0.1, 0.15) is 44.1 Å². The lowest BCUT2D eigenvalue weighted by molar-refractivity contribution is -0.118. The number of nitrogens with zero attached hydrogens (tertiary/aromatic N) is 2. The summed E-state index contributed by atoms with van der Waals surface area (Å²) in [5, 5.41) is 4.21. The predicted molar refractivity (Wildman–Crippen MR) is 71.6 cm³/mol. The Bertz CT molecular complexity index is 416. The van der Waals surface area contributed by atoms with Crippen LogP contribution in [0.3, 0.4) is 0 Å². The lowest BCUT2D eigenvalue weighted by Gasteiger charge is -2.17. The Morgan fingerprint density at radius 3 is 2.94 bits per heavy atom. The Morgan fingerprint density at radius 1 is 1.44 bits per heavy atom. The lowest BCUT2D eigenvalue weighted by atomic mass is 9.89. The summed E-state index contributed by atoms with van der Waals surface area (Å²) in [4.78, 5) is 10.7. The third-order valence-electron chi connectivity index (χ3n) is 3.45. The van der Waals surface area contributed by atoms with E-state index in [9.17, 15) is 4.79 Å². The highest BCUT2D eigenvalue weighted by Gasteiger charge is 2.09. The fraction of sp³-hybridized carbons (Fsp3) is 0.571. The van der Waals surface area contributed by atoms with Gasteiger partial charge in [-0.15, -0.1) is 0 Å². The number of aromatic nitrogens is 2. The predicted octanol–water partition coefficient (Wildman–Crippen LogP) is 2.35. The largest absolute Gasteiger partial charge is 0.370 e. The molecule has 0 saturated heterocycles. The molecule has 2 rings (SSSR count). The smallest absolute Gasteiger partial charge is 0.219 e.